The lowest BCUT2D eigenvalue weighted by molar-refractivity contribution is -0.384. The van der Waals surface area contributed by atoms with E-state index in [9.17, 15) is 14.9 Å². The quantitative estimate of drug-likeness (QED) is 0.531. The van der Waals surface area contributed by atoms with Gasteiger partial charge in [-0.3, -0.25) is 10.1 Å². The second-order valence-electron chi connectivity index (χ2n) is 5.76. The largest absolute Gasteiger partial charge is 0.457 e. The SMILES string of the molecule is O=C(O[C@H]1CNCC[C@@H]1c1ccccc1)c1ccc([N+](=O)[O-])cc1. The summed E-state index contributed by atoms with van der Waals surface area (Å²) in [5.41, 5.74) is 1.42. The molecule has 0 aromatic heterocycles. The van der Waals surface area contributed by atoms with Crippen molar-refractivity contribution in [3.8, 4) is 0 Å². The number of nitrogens with one attached hydrogen (secondary N) is 1. The maximum Gasteiger partial charge on any atom is 0.338 e. The van der Waals surface area contributed by atoms with Gasteiger partial charge in [0.05, 0.1) is 10.5 Å². The van der Waals surface area contributed by atoms with E-state index in [0.29, 0.717) is 12.1 Å². The van der Waals surface area contributed by atoms with Crippen LogP contribution in [-0.4, -0.2) is 30.1 Å². The van der Waals surface area contributed by atoms with E-state index in [1.54, 1.807) is 0 Å². The number of nitrogens with zero attached hydrogens (tertiary/aromatic N) is 1. The molecule has 1 fully saturated rings. The van der Waals surface area contributed by atoms with Crippen molar-refractivity contribution in [2.75, 3.05) is 13.1 Å². The second kappa shape index (κ2) is 7.23. The Labute approximate surface area is 139 Å². The summed E-state index contributed by atoms with van der Waals surface area (Å²) in [4.78, 5) is 22.5. The van der Waals surface area contributed by atoms with Crippen molar-refractivity contribution >= 4 is 11.7 Å². The molecule has 0 spiro atoms. The number of hydrogen-bond donors (Lipinski definition) is 1. The van der Waals surface area contributed by atoms with Crippen LogP contribution in [0.15, 0.2) is 54.6 Å². The van der Waals surface area contributed by atoms with Crippen molar-refractivity contribution in [3.05, 3.63) is 75.8 Å². The summed E-state index contributed by atoms with van der Waals surface area (Å²) in [6, 6.07) is 15.5. The predicted molar refractivity (Wildman–Crippen MR) is 89.0 cm³/mol. The van der Waals surface area contributed by atoms with Crippen LogP contribution >= 0.6 is 0 Å². The Kier molecular flexibility index (Phi) is 4.86. The number of rotatable bonds is 4. The van der Waals surface area contributed by atoms with Gasteiger partial charge in [0.2, 0.25) is 0 Å². The number of non-ortho nitro benzene ring substituents is 1. The highest BCUT2D eigenvalue weighted by Crippen LogP contribution is 2.28. The Morgan fingerprint density at radius 3 is 2.50 bits per heavy atom. The zero-order chi connectivity index (χ0) is 16.9. The number of benzene rings is 2. The van der Waals surface area contributed by atoms with Crippen molar-refractivity contribution < 1.29 is 14.5 Å². The third kappa shape index (κ3) is 3.60. The van der Waals surface area contributed by atoms with Crippen molar-refractivity contribution in [1.82, 2.24) is 5.32 Å². The molecule has 1 saturated heterocycles. The van der Waals surface area contributed by atoms with Crippen LogP contribution in [0.4, 0.5) is 5.69 Å². The Hall–Kier alpha value is -2.73. The molecular weight excluding hydrogens is 308 g/mol. The number of carbonyl (C=O) groups excluding carboxylic acids is 1. The maximum atomic E-state index is 12.4. The van der Waals surface area contributed by atoms with E-state index in [4.69, 9.17) is 4.74 Å². The first-order valence-corrected chi connectivity index (χ1v) is 7.86. The fourth-order valence-electron chi connectivity index (χ4n) is 2.96. The minimum atomic E-state index is -0.494. The average molecular weight is 326 g/mol. The van der Waals surface area contributed by atoms with Gasteiger partial charge in [0.1, 0.15) is 6.10 Å². The summed E-state index contributed by atoms with van der Waals surface area (Å²) in [6.07, 6.45) is 0.631. The molecule has 6 heteroatoms. The van der Waals surface area contributed by atoms with Crippen LogP contribution in [0.2, 0.25) is 0 Å². The van der Waals surface area contributed by atoms with E-state index >= 15 is 0 Å². The summed E-state index contributed by atoms with van der Waals surface area (Å²) < 4.78 is 5.67. The molecule has 2 atom stereocenters. The molecule has 24 heavy (non-hydrogen) atoms. The number of carbonyl (C=O) groups is 1. The zero-order valence-electron chi connectivity index (χ0n) is 13.1. The maximum absolute atomic E-state index is 12.4. The minimum absolute atomic E-state index is 0.0481. The van der Waals surface area contributed by atoms with Crippen LogP contribution in [0.3, 0.4) is 0 Å². The van der Waals surface area contributed by atoms with Crippen molar-refractivity contribution in [3.63, 3.8) is 0 Å². The van der Waals surface area contributed by atoms with Gasteiger partial charge in [0.25, 0.3) is 5.69 Å². The van der Waals surface area contributed by atoms with Gasteiger partial charge in [-0.1, -0.05) is 30.3 Å². The van der Waals surface area contributed by atoms with Gasteiger partial charge in [-0.2, -0.15) is 0 Å². The molecule has 1 heterocycles. The molecular formula is C18H18N2O4. The zero-order valence-corrected chi connectivity index (χ0v) is 13.1. The predicted octanol–water partition coefficient (Wildman–Crippen LogP) is 2.90. The molecule has 0 aliphatic carbocycles. The van der Waals surface area contributed by atoms with E-state index in [-0.39, 0.29) is 17.7 Å². The third-order valence-electron chi connectivity index (χ3n) is 4.23. The molecule has 124 valence electrons. The Balaban J connectivity index is 1.73. The number of nitro benzene ring substituents is 1. The number of hydrogen-bond acceptors (Lipinski definition) is 5. The summed E-state index contributed by atoms with van der Waals surface area (Å²) in [7, 11) is 0. The van der Waals surface area contributed by atoms with Crippen molar-refractivity contribution in [1.29, 1.82) is 0 Å². The normalized spacial score (nSPS) is 20.3. The van der Waals surface area contributed by atoms with E-state index in [1.165, 1.54) is 24.3 Å². The van der Waals surface area contributed by atoms with Crippen LogP contribution in [0, 0.1) is 10.1 Å². The van der Waals surface area contributed by atoms with Crippen LogP contribution in [0.1, 0.15) is 28.3 Å². The lowest BCUT2D eigenvalue weighted by atomic mass is 9.88. The number of nitro groups is 1. The molecule has 1 aliphatic rings. The molecule has 6 nitrogen and oxygen atoms in total. The molecule has 1 N–H and O–H groups in total. The van der Waals surface area contributed by atoms with Gasteiger partial charge in [-0.05, 0) is 30.7 Å². The average Bonchev–Trinajstić information content (AvgIpc) is 2.63. The highest BCUT2D eigenvalue weighted by atomic mass is 16.6. The first-order chi connectivity index (χ1) is 11.6. The minimum Gasteiger partial charge on any atom is -0.457 e. The monoisotopic (exact) mass is 326 g/mol. The van der Waals surface area contributed by atoms with E-state index < -0.39 is 10.9 Å². The fraction of sp³-hybridized carbons (Fsp3) is 0.278. The first-order valence-electron chi connectivity index (χ1n) is 7.86. The molecule has 2 aromatic rings. The van der Waals surface area contributed by atoms with Gasteiger partial charge in [-0.25, -0.2) is 4.79 Å². The fourth-order valence-corrected chi connectivity index (χ4v) is 2.96. The molecule has 0 unspecified atom stereocenters. The van der Waals surface area contributed by atoms with E-state index in [0.717, 1.165) is 18.5 Å². The molecule has 1 aliphatic heterocycles. The third-order valence-corrected chi connectivity index (χ3v) is 4.23. The molecule has 0 amide bonds. The first kappa shape index (κ1) is 16.1. The highest BCUT2D eigenvalue weighted by Gasteiger charge is 2.29. The highest BCUT2D eigenvalue weighted by molar-refractivity contribution is 5.89. The molecule has 0 saturated carbocycles. The number of ether oxygens (including phenoxy) is 1. The standard InChI is InChI=1S/C18H18N2O4/c21-18(14-6-8-15(9-7-14)20(22)23)24-17-12-19-11-10-16(17)13-4-2-1-3-5-13/h1-9,16-17,19H,10-12H2/t16-,17+/m1/s1. The molecule has 0 bridgehead atoms. The molecule has 3 rings (SSSR count). The number of piperidine rings is 1. The lowest BCUT2D eigenvalue weighted by Gasteiger charge is -2.32. The summed E-state index contributed by atoms with van der Waals surface area (Å²) in [5, 5.41) is 13.9. The van der Waals surface area contributed by atoms with Gasteiger partial charge in [-0.15, -0.1) is 0 Å². The summed E-state index contributed by atoms with van der Waals surface area (Å²) >= 11 is 0. The summed E-state index contributed by atoms with van der Waals surface area (Å²) in [6.45, 7) is 1.48. The van der Waals surface area contributed by atoms with Crippen LogP contribution in [0.25, 0.3) is 0 Å². The van der Waals surface area contributed by atoms with Gasteiger partial charge in [0.15, 0.2) is 0 Å². The van der Waals surface area contributed by atoms with Crippen LogP contribution < -0.4 is 5.32 Å². The summed E-state index contributed by atoms with van der Waals surface area (Å²) in [5.74, 6) is -0.311. The van der Waals surface area contributed by atoms with Crippen molar-refractivity contribution in [2.24, 2.45) is 0 Å². The van der Waals surface area contributed by atoms with Crippen LogP contribution in [-0.2, 0) is 4.74 Å². The molecule has 0 radical (unpaired) electrons. The van der Waals surface area contributed by atoms with Crippen molar-refractivity contribution in [2.45, 2.75) is 18.4 Å². The van der Waals surface area contributed by atoms with E-state index in [1.807, 2.05) is 30.3 Å². The van der Waals surface area contributed by atoms with Gasteiger partial charge in [0, 0.05) is 24.6 Å². The van der Waals surface area contributed by atoms with Gasteiger partial charge >= 0.3 is 5.97 Å². The van der Waals surface area contributed by atoms with Gasteiger partial charge < -0.3 is 10.1 Å². The Morgan fingerprint density at radius 2 is 1.83 bits per heavy atom. The smallest absolute Gasteiger partial charge is 0.338 e. The Morgan fingerprint density at radius 1 is 1.12 bits per heavy atom. The number of esters is 1. The second-order valence-corrected chi connectivity index (χ2v) is 5.76. The van der Waals surface area contributed by atoms with E-state index in [2.05, 4.69) is 5.32 Å². The molecule has 2 aromatic carbocycles. The topological polar surface area (TPSA) is 81.5 Å². The van der Waals surface area contributed by atoms with Crippen LogP contribution in [0.5, 0.6) is 0 Å². The lowest BCUT2D eigenvalue weighted by Crippen LogP contribution is -2.42. The Bertz CT molecular complexity index is 716.